The minimum atomic E-state index is -0.0469. The van der Waals surface area contributed by atoms with Gasteiger partial charge < -0.3 is 9.80 Å². The normalized spacial score (nSPS) is 22.7. The van der Waals surface area contributed by atoms with Crippen molar-refractivity contribution in [2.75, 3.05) is 19.6 Å². The van der Waals surface area contributed by atoms with Gasteiger partial charge in [0.2, 0.25) is 5.91 Å². The Morgan fingerprint density at radius 2 is 2.07 bits per heavy atom. The molecule has 2 fully saturated rings. The maximum absolute atomic E-state index is 12.9. The molecule has 1 atom stereocenters. The molecule has 28 heavy (non-hydrogen) atoms. The number of hydrogen-bond acceptors (Lipinski definition) is 5. The molecule has 2 saturated heterocycles. The van der Waals surface area contributed by atoms with Crippen LogP contribution >= 0.6 is 0 Å². The lowest BCUT2D eigenvalue weighted by molar-refractivity contribution is -0.139. The van der Waals surface area contributed by atoms with Crippen molar-refractivity contribution < 1.29 is 9.59 Å². The van der Waals surface area contributed by atoms with Gasteiger partial charge in [-0.1, -0.05) is 0 Å². The van der Waals surface area contributed by atoms with Crippen LogP contribution in [0, 0.1) is 12.3 Å². The lowest BCUT2D eigenvalue weighted by Crippen LogP contribution is -2.54. The molecule has 0 aromatic carbocycles. The van der Waals surface area contributed by atoms with Gasteiger partial charge in [0.25, 0.3) is 5.91 Å². The van der Waals surface area contributed by atoms with E-state index in [-0.39, 0.29) is 17.2 Å². The molecule has 2 aromatic rings. The lowest BCUT2D eigenvalue weighted by Gasteiger charge is -2.48. The Labute approximate surface area is 164 Å². The Balaban J connectivity index is 1.47. The van der Waals surface area contributed by atoms with Gasteiger partial charge in [-0.25, -0.2) is 0 Å². The van der Waals surface area contributed by atoms with E-state index in [0.29, 0.717) is 31.7 Å². The van der Waals surface area contributed by atoms with E-state index in [4.69, 9.17) is 0 Å². The maximum atomic E-state index is 12.9. The van der Waals surface area contributed by atoms with Crippen LogP contribution < -0.4 is 0 Å². The van der Waals surface area contributed by atoms with Gasteiger partial charge in [0, 0.05) is 50.9 Å². The van der Waals surface area contributed by atoms with E-state index >= 15 is 0 Å². The van der Waals surface area contributed by atoms with Crippen molar-refractivity contribution in [3.63, 3.8) is 0 Å². The number of amides is 2. The average Bonchev–Trinajstić information content (AvgIpc) is 3.13. The molecule has 2 aliphatic heterocycles. The quantitative estimate of drug-likeness (QED) is 0.804. The lowest BCUT2D eigenvalue weighted by atomic mass is 9.73. The molecule has 0 N–H and O–H groups in total. The third-order valence-electron chi connectivity index (χ3n) is 5.82. The van der Waals surface area contributed by atoms with Crippen molar-refractivity contribution >= 4 is 11.8 Å². The Morgan fingerprint density at radius 3 is 2.79 bits per heavy atom. The highest BCUT2D eigenvalue weighted by atomic mass is 16.2. The summed E-state index contributed by atoms with van der Waals surface area (Å²) in [7, 11) is 1.81. The first-order valence-electron chi connectivity index (χ1n) is 9.78. The number of likely N-dealkylation sites (tertiary alicyclic amines) is 2. The number of aryl methyl sites for hydroxylation is 2. The number of aromatic nitrogens is 4. The predicted octanol–water partition coefficient (Wildman–Crippen LogP) is 1.56. The minimum Gasteiger partial charge on any atom is -0.337 e. The maximum Gasteiger partial charge on any atom is 0.274 e. The van der Waals surface area contributed by atoms with Crippen molar-refractivity contribution in [2.45, 2.75) is 39.2 Å². The summed E-state index contributed by atoms with van der Waals surface area (Å²) in [6.45, 7) is 4.45. The number of piperidine rings is 2. The van der Waals surface area contributed by atoms with Crippen LogP contribution in [-0.4, -0.2) is 61.0 Å². The molecule has 2 aromatic heterocycles. The van der Waals surface area contributed by atoms with Crippen LogP contribution in [0.4, 0.5) is 0 Å². The Hall–Kier alpha value is -2.77. The highest BCUT2D eigenvalue weighted by Gasteiger charge is 2.43. The van der Waals surface area contributed by atoms with E-state index in [0.717, 1.165) is 37.2 Å². The number of carbonyl (C=O) groups is 2. The van der Waals surface area contributed by atoms with Crippen LogP contribution in [0.5, 0.6) is 0 Å². The average molecular weight is 382 g/mol. The summed E-state index contributed by atoms with van der Waals surface area (Å²) in [6, 6.07) is 1.76. The SMILES string of the molecule is Cc1cnc(CN2C[C@@]3(CCCN(C(=O)c4ccn(C)n4)C3)CCC2=O)cn1. The number of nitrogens with zero attached hydrogens (tertiary/aromatic N) is 6. The molecular formula is C20H26N6O2. The first kappa shape index (κ1) is 18.6. The smallest absolute Gasteiger partial charge is 0.274 e. The van der Waals surface area contributed by atoms with Crippen molar-refractivity contribution in [3.8, 4) is 0 Å². The zero-order valence-corrected chi connectivity index (χ0v) is 16.5. The molecule has 0 unspecified atom stereocenters. The second-order valence-corrected chi connectivity index (χ2v) is 8.10. The van der Waals surface area contributed by atoms with Gasteiger partial charge in [-0.3, -0.25) is 24.2 Å². The Morgan fingerprint density at radius 1 is 1.21 bits per heavy atom. The van der Waals surface area contributed by atoms with Crippen molar-refractivity contribution in [2.24, 2.45) is 12.5 Å². The highest BCUT2D eigenvalue weighted by molar-refractivity contribution is 5.92. The summed E-state index contributed by atoms with van der Waals surface area (Å²) in [6.07, 6.45) is 8.58. The fourth-order valence-electron chi connectivity index (χ4n) is 4.35. The molecule has 4 rings (SSSR count). The van der Waals surface area contributed by atoms with E-state index < -0.39 is 0 Å². The first-order chi connectivity index (χ1) is 13.4. The number of hydrogen-bond donors (Lipinski definition) is 0. The molecule has 8 heteroatoms. The van der Waals surface area contributed by atoms with Gasteiger partial charge in [-0.2, -0.15) is 5.10 Å². The van der Waals surface area contributed by atoms with E-state index in [1.807, 2.05) is 23.8 Å². The topological polar surface area (TPSA) is 84.2 Å². The minimum absolute atomic E-state index is 0.0208. The van der Waals surface area contributed by atoms with Crippen molar-refractivity contribution in [1.29, 1.82) is 0 Å². The summed E-state index contributed by atoms with van der Waals surface area (Å²) < 4.78 is 1.65. The first-order valence-corrected chi connectivity index (χ1v) is 9.78. The van der Waals surface area contributed by atoms with Gasteiger partial charge in [0.05, 0.1) is 24.1 Å². The van der Waals surface area contributed by atoms with E-state index in [2.05, 4.69) is 15.1 Å². The van der Waals surface area contributed by atoms with Crippen molar-refractivity contribution in [3.05, 3.63) is 41.7 Å². The molecule has 0 aliphatic carbocycles. The molecule has 0 saturated carbocycles. The third kappa shape index (κ3) is 3.76. The van der Waals surface area contributed by atoms with Gasteiger partial charge >= 0.3 is 0 Å². The van der Waals surface area contributed by atoms with Crippen LogP contribution in [0.15, 0.2) is 24.7 Å². The van der Waals surface area contributed by atoms with Crippen molar-refractivity contribution in [1.82, 2.24) is 29.5 Å². The Bertz CT molecular complexity index is 877. The fraction of sp³-hybridized carbons (Fsp3) is 0.550. The van der Waals surface area contributed by atoms with Crippen LogP contribution in [-0.2, 0) is 18.4 Å². The second-order valence-electron chi connectivity index (χ2n) is 8.10. The Kier molecular flexibility index (Phi) is 4.87. The van der Waals surface area contributed by atoms with Crippen LogP contribution in [0.3, 0.4) is 0 Å². The zero-order valence-electron chi connectivity index (χ0n) is 16.5. The van der Waals surface area contributed by atoms with Crippen LogP contribution in [0.2, 0.25) is 0 Å². The summed E-state index contributed by atoms with van der Waals surface area (Å²) >= 11 is 0. The van der Waals surface area contributed by atoms with Gasteiger partial charge in [0.15, 0.2) is 0 Å². The fourth-order valence-corrected chi connectivity index (χ4v) is 4.35. The molecule has 2 aliphatic rings. The molecule has 2 amide bonds. The van der Waals surface area contributed by atoms with Gasteiger partial charge in [-0.05, 0) is 32.3 Å². The molecule has 0 bridgehead atoms. The molecule has 8 nitrogen and oxygen atoms in total. The zero-order chi connectivity index (χ0) is 19.7. The highest BCUT2D eigenvalue weighted by Crippen LogP contribution is 2.39. The second kappa shape index (κ2) is 7.33. The standard InChI is InChI=1S/C20H26N6O2/c1-15-10-22-16(11-21-15)12-26-14-20(7-4-18(26)27)6-3-8-25(13-20)19(28)17-5-9-24(2)23-17/h5,9-11H,3-4,6-8,12-14H2,1-2H3/t20-/m0/s1. The largest absolute Gasteiger partial charge is 0.337 e. The van der Waals surface area contributed by atoms with E-state index in [9.17, 15) is 9.59 Å². The van der Waals surface area contributed by atoms with E-state index in [1.165, 1.54) is 0 Å². The molecule has 4 heterocycles. The molecule has 0 radical (unpaired) electrons. The van der Waals surface area contributed by atoms with Gasteiger partial charge in [0.1, 0.15) is 5.69 Å². The van der Waals surface area contributed by atoms with E-state index in [1.54, 1.807) is 29.3 Å². The summed E-state index contributed by atoms with van der Waals surface area (Å²) in [4.78, 5) is 37.8. The summed E-state index contributed by atoms with van der Waals surface area (Å²) in [5, 5.41) is 4.26. The van der Waals surface area contributed by atoms with Crippen LogP contribution in [0.25, 0.3) is 0 Å². The number of carbonyl (C=O) groups excluding carboxylic acids is 2. The summed E-state index contributed by atoms with van der Waals surface area (Å²) in [5.41, 5.74) is 2.10. The summed E-state index contributed by atoms with van der Waals surface area (Å²) in [5.74, 6) is 0.133. The molecular weight excluding hydrogens is 356 g/mol. The molecule has 148 valence electrons. The van der Waals surface area contributed by atoms with Crippen LogP contribution in [0.1, 0.15) is 47.6 Å². The predicted molar refractivity (Wildman–Crippen MR) is 102 cm³/mol. The monoisotopic (exact) mass is 382 g/mol. The number of rotatable bonds is 3. The third-order valence-corrected chi connectivity index (χ3v) is 5.82. The molecule has 1 spiro atoms. The van der Waals surface area contributed by atoms with Gasteiger partial charge in [-0.15, -0.1) is 0 Å².